The number of hydrogen-bond acceptors (Lipinski definition) is 12. The van der Waals surface area contributed by atoms with Gasteiger partial charge in [0.05, 0.1) is 31.8 Å². The fourth-order valence-electron chi connectivity index (χ4n) is 4.42. The molecule has 0 aromatic heterocycles. The summed E-state index contributed by atoms with van der Waals surface area (Å²) in [5, 5.41) is 52.7. The SMILES string of the molecule is CC(/C=N/Nc1ccc([N+](=O)[O-])cc1[N+](=O)[O-])C1CCC(C)C1/C=N/Nc1ccc([N+](=O)[O-])cc1[N+](=O)[O-]. The molecule has 16 heteroatoms. The van der Waals surface area contributed by atoms with E-state index >= 15 is 0 Å². The lowest BCUT2D eigenvalue weighted by Gasteiger charge is -2.22. The molecule has 1 aliphatic rings. The molecule has 1 aliphatic carbocycles. The van der Waals surface area contributed by atoms with Crippen LogP contribution in [-0.2, 0) is 0 Å². The Morgan fingerprint density at radius 1 is 0.816 bits per heavy atom. The standard InChI is InChI=1S/C22H24N8O8/c1-13-3-6-17(14(2)11-23-25-19-7-4-15(27(31)32)9-21(19)29(35)36)18(13)12-24-26-20-8-5-16(28(33)34)10-22(20)30(37)38/h4-5,7-14,17-18,25-26H,3,6H2,1-2H3/b23-11+,24-12+. The Morgan fingerprint density at radius 2 is 1.32 bits per heavy atom. The third kappa shape index (κ3) is 6.40. The maximum Gasteiger partial charge on any atom is 0.301 e. The van der Waals surface area contributed by atoms with Gasteiger partial charge in [0.25, 0.3) is 11.4 Å². The third-order valence-electron chi connectivity index (χ3n) is 6.49. The first-order chi connectivity index (χ1) is 18.0. The van der Waals surface area contributed by atoms with Crippen molar-refractivity contribution in [3.63, 3.8) is 0 Å². The predicted molar refractivity (Wildman–Crippen MR) is 138 cm³/mol. The Bertz CT molecular complexity index is 1310. The van der Waals surface area contributed by atoms with Gasteiger partial charge in [0, 0.05) is 30.5 Å². The Kier molecular flexibility index (Phi) is 8.57. The number of hydrogen-bond donors (Lipinski definition) is 2. The monoisotopic (exact) mass is 528 g/mol. The van der Waals surface area contributed by atoms with Gasteiger partial charge in [-0.15, -0.1) is 0 Å². The molecular weight excluding hydrogens is 504 g/mol. The molecule has 1 fully saturated rings. The minimum atomic E-state index is -0.734. The van der Waals surface area contributed by atoms with Gasteiger partial charge in [0.2, 0.25) is 0 Å². The molecule has 0 saturated heterocycles. The van der Waals surface area contributed by atoms with Gasteiger partial charge in [-0.3, -0.25) is 51.3 Å². The lowest BCUT2D eigenvalue weighted by molar-refractivity contribution is -0.393. The zero-order valence-electron chi connectivity index (χ0n) is 20.3. The molecule has 4 atom stereocenters. The summed E-state index contributed by atoms with van der Waals surface area (Å²) in [5.41, 5.74) is 3.45. The first kappa shape index (κ1) is 27.6. The van der Waals surface area contributed by atoms with Crippen molar-refractivity contribution in [2.75, 3.05) is 10.9 Å². The number of rotatable bonds is 11. The van der Waals surface area contributed by atoms with E-state index in [9.17, 15) is 40.5 Å². The number of anilines is 2. The van der Waals surface area contributed by atoms with E-state index in [-0.39, 0.29) is 35.0 Å². The van der Waals surface area contributed by atoms with Crippen molar-refractivity contribution in [1.82, 2.24) is 0 Å². The van der Waals surface area contributed by atoms with Crippen molar-refractivity contribution in [3.05, 3.63) is 76.9 Å². The molecule has 16 nitrogen and oxygen atoms in total. The topological polar surface area (TPSA) is 221 Å². The number of nitro benzene ring substituents is 4. The summed E-state index contributed by atoms with van der Waals surface area (Å²) in [6, 6.07) is 6.44. The van der Waals surface area contributed by atoms with Gasteiger partial charge in [-0.25, -0.2) is 0 Å². The summed E-state index contributed by atoms with van der Waals surface area (Å²) < 4.78 is 0. The van der Waals surface area contributed by atoms with Crippen molar-refractivity contribution in [2.24, 2.45) is 33.9 Å². The van der Waals surface area contributed by atoms with Crippen molar-refractivity contribution < 1.29 is 19.7 Å². The quantitative estimate of drug-likeness (QED) is 0.222. The average Bonchev–Trinajstić information content (AvgIpc) is 3.23. The summed E-state index contributed by atoms with van der Waals surface area (Å²) in [6.07, 6.45) is 5.01. The molecule has 0 amide bonds. The zero-order valence-corrected chi connectivity index (χ0v) is 20.3. The molecule has 0 spiro atoms. The zero-order chi connectivity index (χ0) is 28.0. The van der Waals surface area contributed by atoms with Crippen molar-refractivity contribution in [2.45, 2.75) is 26.7 Å². The highest BCUT2D eigenvalue weighted by molar-refractivity contribution is 5.71. The smallest absolute Gasteiger partial charge is 0.272 e. The van der Waals surface area contributed by atoms with Crippen LogP contribution in [0, 0.1) is 64.1 Å². The fourth-order valence-corrected chi connectivity index (χ4v) is 4.42. The summed E-state index contributed by atoms with van der Waals surface area (Å²) in [7, 11) is 0. The van der Waals surface area contributed by atoms with Crippen LogP contribution in [0.5, 0.6) is 0 Å². The first-order valence-corrected chi connectivity index (χ1v) is 11.4. The van der Waals surface area contributed by atoms with Gasteiger partial charge in [0.1, 0.15) is 11.4 Å². The average molecular weight is 528 g/mol. The van der Waals surface area contributed by atoms with E-state index in [1.807, 2.05) is 13.8 Å². The van der Waals surface area contributed by atoms with Crippen LogP contribution in [-0.4, -0.2) is 32.1 Å². The van der Waals surface area contributed by atoms with E-state index in [1.165, 1.54) is 12.1 Å². The van der Waals surface area contributed by atoms with Crippen LogP contribution in [0.15, 0.2) is 46.6 Å². The minimum absolute atomic E-state index is 0.0100. The van der Waals surface area contributed by atoms with Gasteiger partial charge in [-0.1, -0.05) is 13.8 Å². The second-order valence-electron chi connectivity index (χ2n) is 8.87. The largest absolute Gasteiger partial charge is 0.301 e. The summed E-state index contributed by atoms with van der Waals surface area (Å²) in [6.45, 7) is 3.97. The molecule has 1 saturated carbocycles. The highest BCUT2D eigenvalue weighted by Gasteiger charge is 2.35. The van der Waals surface area contributed by atoms with E-state index in [0.29, 0.717) is 0 Å². The van der Waals surface area contributed by atoms with Crippen LogP contribution in [0.4, 0.5) is 34.1 Å². The Balaban J connectivity index is 1.70. The van der Waals surface area contributed by atoms with Crippen molar-refractivity contribution >= 4 is 46.6 Å². The predicted octanol–water partition coefficient (Wildman–Crippen LogP) is 5.11. The first-order valence-electron chi connectivity index (χ1n) is 11.4. The van der Waals surface area contributed by atoms with Gasteiger partial charge < -0.3 is 0 Å². The van der Waals surface area contributed by atoms with Gasteiger partial charge in [-0.05, 0) is 42.7 Å². The van der Waals surface area contributed by atoms with Crippen LogP contribution in [0.3, 0.4) is 0 Å². The van der Waals surface area contributed by atoms with Crippen LogP contribution in [0.25, 0.3) is 0 Å². The fraction of sp³-hybridized carbons (Fsp3) is 0.364. The van der Waals surface area contributed by atoms with E-state index in [4.69, 9.17) is 0 Å². The molecule has 0 aliphatic heterocycles. The maximum absolute atomic E-state index is 11.3. The van der Waals surface area contributed by atoms with Gasteiger partial charge in [-0.2, -0.15) is 10.2 Å². The van der Waals surface area contributed by atoms with Crippen LogP contribution < -0.4 is 10.9 Å². The molecule has 200 valence electrons. The normalized spacial score (nSPS) is 19.9. The van der Waals surface area contributed by atoms with E-state index in [0.717, 1.165) is 37.1 Å². The molecule has 38 heavy (non-hydrogen) atoms. The Hall–Kier alpha value is -5.02. The van der Waals surface area contributed by atoms with Crippen LogP contribution in [0.1, 0.15) is 26.7 Å². The number of nitro groups is 4. The van der Waals surface area contributed by atoms with E-state index in [2.05, 4.69) is 21.1 Å². The molecule has 4 unspecified atom stereocenters. The molecule has 0 radical (unpaired) electrons. The second-order valence-corrected chi connectivity index (χ2v) is 8.87. The molecule has 2 N–H and O–H groups in total. The lowest BCUT2D eigenvalue weighted by atomic mass is 9.83. The highest BCUT2D eigenvalue weighted by atomic mass is 16.6. The lowest BCUT2D eigenvalue weighted by Crippen LogP contribution is -2.22. The summed E-state index contributed by atoms with van der Waals surface area (Å²) >= 11 is 0. The number of nitrogens with zero attached hydrogens (tertiary/aromatic N) is 6. The minimum Gasteiger partial charge on any atom is -0.272 e. The van der Waals surface area contributed by atoms with Crippen LogP contribution >= 0.6 is 0 Å². The molecule has 2 aromatic rings. The Morgan fingerprint density at radius 3 is 1.79 bits per heavy atom. The van der Waals surface area contributed by atoms with Crippen molar-refractivity contribution in [3.8, 4) is 0 Å². The number of nitrogens with one attached hydrogen (secondary N) is 2. The molecular formula is C22H24N8O8. The molecule has 3 rings (SSSR count). The Labute approximate surface area is 215 Å². The van der Waals surface area contributed by atoms with E-state index < -0.39 is 42.4 Å². The molecule has 0 heterocycles. The van der Waals surface area contributed by atoms with Crippen molar-refractivity contribution in [1.29, 1.82) is 0 Å². The third-order valence-corrected chi connectivity index (χ3v) is 6.49. The molecule has 2 aromatic carbocycles. The highest BCUT2D eigenvalue weighted by Crippen LogP contribution is 2.40. The van der Waals surface area contributed by atoms with Gasteiger partial charge in [0.15, 0.2) is 0 Å². The number of benzene rings is 2. The second kappa shape index (κ2) is 11.8. The van der Waals surface area contributed by atoms with Crippen LogP contribution in [0.2, 0.25) is 0 Å². The van der Waals surface area contributed by atoms with E-state index in [1.54, 1.807) is 12.4 Å². The number of non-ortho nitro benzene ring substituents is 2. The maximum atomic E-state index is 11.3. The molecule has 0 bridgehead atoms. The summed E-state index contributed by atoms with van der Waals surface area (Å²) in [5.74, 6) is 0.237. The van der Waals surface area contributed by atoms with Gasteiger partial charge >= 0.3 is 11.4 Å². The summed E-state index contributed by atoms with van der Waals surface area (Å²) in [4.78, 5) is 41.5. The number of hydrazone groups is 2.